The maximum atomic E-state index is 6.06. The molecular weight excluding hydrogens is 248 g/mol. The molecule has 1 fully saturated rings. The van der Waals surface area contributed by atoms with Crippen LogP contribution in [0.5, 0.6) is 0 Å². The molecule has 0 radical (unpaired) electrons. The highest BCUT2D eigenvalue weighted by atomic mass is 35.5. The maximum Gasteiger partial charge on any atom is 0.132 e. The van der Waals surface area contributed by atoms with E-state index in [4.69, 9.17) is 11.6 Å². The number of fused-ring (bicyclic) bond motifs is 1. The number of rotatable bonds is 3. The van der Waals surface area contributed by atoms with Crippen LogP contribution in [0.4, 0.5) is 0 Å². The normalized spacial score (nSPS) is 17.4. The lowest BCUT2D eigenvalue weighted by Gasteiger charge is -2.27. The van der Waals surface area contributed by atoms with E-state index in [-0.39, 0.29) is 0 Å². The lowest BCUT2D eigenvalue weighted by Crippen LogP contribution is -2.44. The second kappa shape index (κ2) is 5.26. The fraction of sp³-hybridized carbons (Fsp3) is 0.462. The van der Waals surface area contributed by atoms with Gasteiger partial charge in [-0.2, -0.15) is 5.10 Å². The summed E-state index contributed by atoms with van der Waals surface area (Å²) < 4.78 is 0. The Morgan fingerprint density at radius 3 is 2.94 bits per heavy atom. The van der Waals surface area contributed by atoms with Gasteiger partial charge in [0.1, 0.15) is 5.15 Å². The molecule has 0 amide bonds. The molecule has 5 heteroatoms. The number of aromatic amines is 1. The summed E-state index contributed by atoms with van der Waals surface area (Å²) in [6.07, 6.45) is 1.03. The third-order valence-corrected chi connectivity index (χ3v) is 3.82. The topological polar surface area (TPSA) is 44.0 Å². The number of nitrogens with zero attached hydrogens (tertiary/aromatic N) is 2. The van der Waals surface area contributed by atoms with Crippen molar-refractivity contribution >= 4 is 22.5 Å². The van der Waals surface area contributed by atoms with E-state index in [1.54, 1.807) is 0 Å². The van der Waals surface area contributed by atoms with Crippen molar-refractivity contribution in [3.8, 4) is 0 Å². The molecule has 3 rings (SSSR count). The first-order chi connectivity index (χ1) is 8.84. The fourth-order valence-corrected chi connectivity index (χ4v) is 2.68. The van der Waals surface area contributed by atoms with E-state index >= 15 is 0 Å². The van der Waals surface area contributed by atoms with Gasteiger partial charge in [-0.25, -0.2) is 0 Å². The second-order valence-corrected chi connectivity index (χ2v) is 5.07. The smallest absolute Gasteiger partial charge is 0.132 e. The summed E-state index contributed by atoms with van der Waals surface area (Å²) in [6, 6.07) is 6.20. The Balaban J connectivity index is 1.74. The quantitative estimate of drug-likeness (QED) is 0.886. The van der Waals surface area contributed by atoms with Crippen LogP contribution >= 0.6 is 11.6 Å². The first kappa shape index (κ1) is 12.0. The highest BCUT2D eigenvalue weighted by Gasteiger charge is 2.11. The summed E-state index contributed by atoms with van der Waals surface area (Å²) in [5.41, 5.74) is 2.28. The molecule has 0 aliphatic carbocycles. The van der Waals surface area contributed by atoms with Gasteiger partial charge in [-0.05, 0) is 18.1 Å². The Morgan fingerprint density at radius 2 is 2.11 bits per heavy atom. The van der Waals surface area contributed by atoms with Crippen LogP contribution in [0.1, 0.15) is 5.56 Å². The Morgan fingerprint density at radius 1 is 1.28 bits per heavy atom. The van der Waals surface area contributed by atoms with Gasteiger partial charge >= 0.3 is 0 Å². The predicted octanol–water partition coefficient (Wildman–Crippen LogP) is 1.66. The lowest BCUT2D eigenvalue weighted by molar-refractivity contribution is 0.244. The molecule has 1 aliphatic rings. The number of piperazine rings is 1. The van der Waals surface area contributed by atoms with Crippen LogP contribution in [0.3, 0.4) is 0 Å². The minimum absolute atomic E-state index is 0.633. The third-order valence-electron chi connectivity index (χ3n) is 3.53. The van der Waals surface area contributed by atoms with E-state index in [1.807, 2.05) is 6.07 Å². The van der Waals surface area contributed by atoms with Crippen LogP contribution in [0.25, 0.3) is 10.9 Å². The van der Waals surface area contributed by atoms with Gasteiger partial charge in [0.15, 0.2) is 0 Å². The van der Waals surface area contributed by atoms with Gasteiger partial charge in [-0.1, -0.05) is 23.7 Å². The summed E-state index contributed by atoms with van der Waals surface area (Å²) in [4.78, 5) is 2.49. The van der Waals surface area contributed by atoms with Gasteiger partial charge in [0.05, 0.1) is 5.52 Å². The summed E-state index contributed by atoms with van der Waals surface area (Å²) in [6.45, 7) is 5.55. The zero-order chi connectivity index (χ0) is 12.4. The van der Waals surface area contributed by atoms with E-state index in [2.05, 4.69) is 32.5 Å². The number of nitrogens with one attached hydrogen (secondary N) is 2. The van der Waals surface area contributed by atoms with E-state index in [0.717, 1.165) is 50.0 Å². The molecule has 2 heterocycles. The van der Waals surface area contributed by atoms with Crippen LogP contribution in [-0.2, 0) is 6.42 Å². The predicted molar refractivity (Wildman–Crippen MR) is 74.1 cm³/mol. The van der Waals surface area contributed by atoms with Crippen molar-refractivity contribution in [1.29, 1.82) is 0 Å². The molecule has 1 aliphatic heterocycles. The molecule has 0 atom stereocenters. The second-order valence-electron chi connectivity index (χ2n) is 4.69. The standard InChI is InChI=1S/C13H17ClN4/c14-13-11-3-1-2-10(12(11)16-17-13)4-7-18-8-5-15-6-9-18/h1-3,15H,4-9H2,(H,16,17). The average molecular weight is 265 g/mol. The molecule has 0 bridgehead atoms. The molecule has 4 nitrogen and oxygen atoms in total. The number of halogens is 1. The Kier molecular flexibility index (Phi) is 3.50. The molecule has 2 N–H and O–H groups in total. The van der Waals surface area contributed by atoms with Gasteiger partial charge in [0, 0.05) is 38.1 Å². The van der Waals surface area contributed by atoms with Crippen molar-refractivity contribution in [1.82, 2.24) is 20.4 Å². The first-order valence-corrected chi connectivity index (χ1v) is 6.77. The van der Waals surface area contributed by atoms with Crippen molar-refractivity contribution in [2.75, 3.05) is 32.7 Å². The summed E-state index contributed by atoms with van der Waals surface area (Å²) in [7, 11) is 0. The van der Waals surface area contributed by atoms with Crippen LogP contribution < -0.4 is 5.32 Å². The number of hydrogen-bond acceptors (Lipinski definition) is 3. The van der Waals surface area contributed by atoms with Crippen molar-refractivity contribution in [2.24, 2.45) is 0 Å². The van der Waals surface area contributed by atoms with Crippen molar-refractivity contribution in [2.45, 2.75) is 6.42 Å². The number of hydrogen-bond donors (Lipinski definition) is 2. The molecule has 0 saturated carbocycles. The Hall–Kier alpha value is -1.10. The molecular formula is C13H17ClN4. The molecule has 1 aromatic heterocycles. The SMILES string of the molecule is Clc1[nH]nc2c(CCN3CCNCC3)cccc12. The van der Waals surface area contributed by atoms with Gasteiger partial charge < -0.3 is 10.2 Å². The average Bonchev–Trinajstić information content (AvgIpc) is 2.80. The zero-order valence-corrected chi connectivity index (χ0v) is 11.0. The minimum atomic E-state index is 0.633. The summed E-state index contributed by atoms with van der Waals surface area (Å²) in [5.74, 6) is 0. The highest BCUT2D eigenvalue weighted by molar-refractivity contribution is 6.34. The lowest BCUT2D eigenvalue weighted by atomic mass is 10.1. The summed E-state index contributed by atoms with van der Waals surface area (Å²) >= 11 is 6.06. The van der Waals surface area contributed by atoms with E-state index in [9.17, 15) is 0 Å². The molecule has 0 unspecified atom stereocenters. The number of H-pyrrole nitrogens is 1. The molecule has 1 saturated heterocycles. The van der Waals surface area contributed by atoms with Crippen molar-refractivity contribution < 1.29 is 0 Å². The van der Waals surface area contributed by atoms with Crippen molar-refractivity contribution in [3.63, 3.8) is 0 Å². The fourth-order valence-electron chi connectivity index (χ4n) is 2.48. The number of para-hydroxylation sites is 1. The molecule has 0 spiro atoms. The van der Waals surface area contributed by atoms with Crippen molar-refractivity contribution in [3.05, 3.63) is 28.9 Å². The number of aromatic nitrogens is 2. The van der Waals surface area contributed by atoms with Crippen LogP contribution in [0.15, 0.2) is 18.2 Å². The third kappa shape index (κ3) is 2.36. The molecule has 18 heavy (non-hydrogen) atoms. The summed E-state index contributed by atoms with van der Waals surface area (Å²) in [5, 5.41) is 12.2. The molecule has 1 aromatic carbocycles. The largest absolute Gasteiger partial charge is 0.314 e. The van der Waals surface area contributed by atoms with E-state index in [0.29, 0.717) is 5.15 Å². The first-order valence-electron chi connectivity index (χ1n) is 6.39. The Labute approximate surface area is 111 Å². The van der Waals surface area contributed by atoms with Gasteiger partial charge in [-0.15, -0.1) is 0 Å². The van der Waals surface area contributed by atoms with Crippen LogP contribution in [0, 0.1) is 0 Å². The van der Waals surface area contributed by atoms with E-state index < -0.39 is 0 Å². The highest BCUT2D eigenvalue weighted by Crippen LogP contribution is 2.23. The monoisotopic (exact) mass is 264 g/mol. The Bertz CT molecular complexity index is 531. The van der Waals surface area contributed by atoms with Crippen LogP contribution in [0.2, 0.25) is 5.15 Å². The van der Waals surface area contributed by atoms with E-state index in [1.165, 1.54) is 5.56 Å². The number of benzene rings is 1. The van der Waals surface area contributed by atoms with Gasteiger partial charge in [0.2, 0.25) is 0 Å². The van der Waals surface area contributed by atoms with Gasteiger partial charge in [-0.3, -0.25) is 5.10 Å². The minimum Gasteiger partial charge on any atom is -0.314 e. The molecule has 96 valence electrons. The van der Waals surface area contributed by atoms with Crippen LogP contribution in [-0.4, -0.2) is 47.8 Å². The molecule has 2 aromatic rings. The maximum absolute atomic E-state index is 6.06. The van der Waals surface area contributed by atoms with Gasteiger partial charge in [0.25, 0.3) is 0 Å². The zero-order valence-electron chi connectivity index (χ0n) is 10.2.